The van der Waals surface area contributed by atoms with Gasteiger partial charge in [-0.05, 0) is 25.5 Å². The van der Waals surface area contributed by atoms with E-state index in [1.54, 1.807) is 19.3 Å². The van der Waals surface area contributed by atoms with Crippen molar-refractivity contribution in [2.75, 3.05) is 30.8 Å². The van der Waals surface area contributed by atoms with E-state index in [1.165, 1.54) is 9.47 Å². The van der Waals surface area contributed by atoms with Gasteiger partial charge in [-0.3, -0.25) is 24.0 Å². The SMILES string of the molecule is CCCCn1c(N)c(N(CC)C(=O)C[NH+](C)Cc2ccco2)c(=O)[nH]c1=O. The van der Waals surface area contributed by atoms with Crippen LogP contribution in [0.1, 0.15) is 32.4 Å². The number of carbonyl (C=O) groups excluding carboxylic acids is 1. The number of nitrogens with two attached hydrogens (primary N) is 1. The van der Waals surface area contributed by atoms with Gasteiger partial charge < -0.3 is 15.1 Å². The molecule has 0 radical (unpaired) electrons. The first-order valence-electron chi connectivity index (χ1n) is 9.15. The summed E-state index contributed by atoms with van der Waals surface area (Å²) in [6, 6.07) is 3.64. The molecule has 0 aliphatic heterocycles. The summed E-state index contributed by atoms with van der Waals surface area (Å²) in [5.74, 6) is 0.546. The Balaban J connectivity index is 2.26. The highest BCUT2D eigenvalue weighted by atomic mass is 16.3. The Morgan fingerprint density at radius 2 is 2.11 bits per heavy atom. The van der Waals surface area contributed by atoms with Crippen LogP contribution in [-0.2, 0) is 17.9 Å². The van der Waals surface area contributed by atoms with Gasteiger partial charge in [-0.15, -0.1) is 0 Å². The van der Waals surface area contributed by atoms with Crippen molar-refractivity contribution >= 4 is 17.4 Å². The van der Waals surface area contributed by atoms with E-state index in [9.17, 15) is 14.4 Å². The summed E-state index contributed by atoms with van der Waals surface area (Å²) in [6.45, 7) is 5.11. The number of amides is 1. The minimum atomic E-state index is -0.649. The number of nitrogen functional groups attached to an aromatic ring is 1. The van der Waals surface area contributed by atoms with E-state index >= 15 is 0 Å². The molecular weight excluding hydrogens is 350 g/mol. The summed E-state index contributed by atoms with van der Waals surface area (Å²) >= 11 is 0. The molecule has 2 rings (SSSR count). The van der Waals surface area contributed by atoms with Crippen LogP contribution in [0.25, 0.3) is 0 Å². The Bertz CT molecular complexity index is 869. The van der Waals surface area contributed by atoms with Crippen LogP contribution in [0.15, 0.2) is 32.4 Å². The van der Waals surface area contributed by atoms with Gasteiger partial charge in [0.05, 0.1) is 13.3 Å². The third kappa shape index (κ3) is 4.88. The predicted octanol–water partition coefficient (Wildman–Crippen LogP) is -0.420. The number of hydrogen-bond acceptors (Lipinski definition) is 5. The molecule has 1 amide bonds. The van der Waals surface area contributed by atoms with Gasteiger partial charge in [0, 0.05) is 13.1 Å². The van der Waals surface area contributed by atoms with Crippen LogP contribution < -0.4 is 26.8 Å². The molecule has 0 fully saturated rings. The highest BCUT2D eigenvalue weighted by Crippen LogP contribution is 2.16. The van der Waals surface area contributed by atoms with Crippen LogP contribution in [0.4, 0.5) is 11.5 Å². The van der Waals surface area contributed by atoms with Gasteiger partial charge in [0.15, 0.2) is 18.0 Å². The van der Waals surface area contributed by atoms with E-state index < -0.39 is 11.2 Å². The van der Waals surface area contributed by atoms with Gasteiger partial charge in [0.2, 0.25) is 0 Å². The molecule has 4 N–H and O–H groups in total. The van der Waals surface area contributed by atoms with Gasteiger partial charge in [-0.1, -0.05) is 13.3 Å². The van der Waals surface area contributed by atoms with Crippen molar-refractivity contribution in [1.82, 2.24) is 9.55 Å². The molecule has 1 unspecified atom stereocenters. The summed E-state index contributed by atoms with van der Waals surface area (Å²) in [7, 11) is 1.87. The Hall–Kier alpha value is -2.81. The first-order valence-corrected chi connectivity index (χ1v) is 9.15. The number of carbonyl (C=O) groups is 1. The molecule has 2 heterocycles. The normalized spacial score (nSPS) is 12.1. The number of nitrogens with zero attached hydrogens (tertiary/aromatic N) is 2. The average molecular weight is 378 g/mol. The second-order valence-electron chi connectivity index (χ2n) is 6.53. The molecule has 0 saturated carbocycles. The number of quaternary nitrogens is 1. The molecule has 0 spiro atoms. The first kappa shape index (κ1) is 20.5. The van der Waals surface area contributed by atoms with Crippen molar-refractivity contribution in [2.24, 2.45) is 0 Å². The van der Waals surface area contributed by atoms with E-state index in [2.05, 4.69) is 4.98 Å². The summed E-state index contributed by atoms with van der Waals surface area (Å²) in [5.41, 5.74) is 4.93. The Morgan fingerprint density at radius 3 is 2.70 bits per heavy atom. The number of anilines is 2. The van der Waals surface area contributed by atoms with E-state index in [0.29, 0.717) is 13.1 Å². The Morgan fingerprint density at radius 1 is 1.37 bits per heavy atom. The number of unbranched alkanes of at least 4 members (excludes halogenated alkanes) is 1. The monoisotopic (exact) mass is 378 g/mol. The maximum Gasteiger partial charge on any atom is 0.330 e. The van der Waals surface area contributed by atoms with Crippen molar-refractivity contribution in [3.8, 4) is 0 Å². The third-order valence-electron chi connectivity index (χ3n) is 4.35. The maximum absolute atomic E-state index is 12.8. The lowest BCUT2D eigenvalue weighted by atomic mass is 10.3. The smallest absolute Gasteiger partial charge is 0.330 e. The summed E-state index contributed by atoms with van der Waals surface area (Å²) < 4.78 is 6.62. The number of aromatic nitrogens is 2. The standard InChI is InChI=1S/C18H27N5O4/c1-4-6-9-23-16(19)15(17(25)20-18(23)26)22(5-2)14(24)12-21(3)11-13-8-7-10-27-13/h7-8,10H,4-6,9,11-12,19H2,1-3H3,(H,20,25,26)/p+1. The number of hydrogen-bond donors (Lipinski definition) is 3. The molecule has 0 bridgehead atoms. The second-order valence-corrected chi connectivity index (χ2v) is 6.53. The molecule has 0 aromatic carbocycles. The Labute approximate surface area is 157 Å². The topological polar surface area (TPSA) is 119 Å². The molecule has 0 aliphatic carbocycles. The molecule has 0 aliphatic rings. The maximum atomic E-state index is 12.8. The minimum absolute atomic E-state index is 0.0242. The zero-order chi connectivity index (χ0) is 20.0. The molecule has 148 valence electrons. The molecular formula is C18H28N5O4+. The Kier molecular flexibility index (Phi) is 7.00. The molecule has 9 nitrogen and oxygen atoms in total. The van der Waals surface area contributed by atoms with Gasteiger partial charge >= 0.3 is 5.69 Å². The van der Waals surface area contributed by atoms with Crippen LogP contribution in [0.2, 0.25) is 0 Å². The fourth-order valence-corrected chi connectivity index (χ4v) is 2.96. The first-order chi connectivity index (χ1) is 12.9. The average Bonchev–Trinajstić information content (AvgIpc) is 3.10. The van der Waals surface area contributed by atoms with Crippen molar-refractivity contribution in [2.45, 2.75) is 39.8 Å². The number of likely N-dealkylation sites (N-methyl/N-ethyl adjacent to an activating group) is 2. The number of H-pyrrole nitrogens is 1. The number of rotatable bonds is 9. The zero-order valence-corrected chi connectivity index (χ0v) is 16.1. The molecule has 2 aromatic rings. The van der Waals surface area contributed by atoms with Crippen LogP contribution in [-0.4, -0.2) is 35.6 Å². The lowest BCUT2D eigenvalue weighted by Crippen LogP contribution is -3.09. The largest absolute Gasteiger partial charge is 0.463 e. The minimum Gasteiger partial charge on any atom is -0.463 e. The van der Waals surface area contributed by atoms with Crippen LogP contribution in [0.3, 0.4) is 0 Å². The van der Waals surface area contributed by atoms with Crippen LogP contribution in [0.5, 0.6) is 0 Å². The zero-order valence-electron chi connectivity index (χ0n) is 16.1. The highest BCUT2D eigenvalue weighted by Gasteiger charge is 2.25. The summed E-state index contributed by atoms with van der Waals surface area (Å²) in [5, 5.41) is 0. The second kappa shape index (κ2) is 9.22. The number of furan rings is 1. The van der Waals surface area contributed by atoms with Gasteiger partial charge in [0.1, 0.15) is 12.4 Å². The van der Waals surface area contributed by atoms with E-state index in [-0.39, 0.29) is 30.5 Å². The predicted molar refractivity (Wildman–Crippen MR) is 103 cm³/mol. The highest BCUT2D eigenvalue weighted by molar-refractivity contribution is 5.96. The molecule has 2 aromatic heterocycles. The van der Waals surface area contributed by atoms with Crippen molar-refractivity contribution in [3.05, 3.63) is 45.0 Å². The van der Waals surface area contributed by atoms with Gasteiger partial charge in [-0.2, -0.15) is 0 Å². The molecule has 27 heavy (non-hydrogen) atoms. The van der Waals surface area contributed by atoms with Gasteiger partial charge in [-0.25, -0.2) is 4.79 Å². The van der Waals surface area contributed by atoms with Crippen LogP contribution in [0, 0.1) is 0 Å². The fourth-order valence-electron chi connectivity index (χ4n) is 2.96. The quantitative estimate of drug-likeness (QED) is 0.548. The molecule has 1 atom stereocenters. The fraction of sp³-hybridized carbons (Fsp3) is 0.500. The lowest BCUT2D eigenvalue weighted by molar-refractivity contribution is -0.886. The number of aromatic amines is 1. The number of nitrogens with one attached hydrogen (secondary N) is 2. The molecule has 9 heteroatoms. The summed E-state index contributed by atoms with van der Waals surface area (Å²) in [6.07, 6.45) is 3.20. The van der Waals surface area contributed by atoms with E-state index in [0.717, 1.165) is 23.5 Å². The third-order valence-corrected chi connectivity index (χ3v) is 4.35. The van der Waals surface area contributed by atoms with Gasteiger partial charge in [0.25, 0.3) is 11.5 Å². The lowest BCUT2D eigenvalue weighted by Gasteiger charge is -2.24. The molecule has 0 saturated heterocycles. The van der Waals surface area contributed by atoms with Crippen molar-refractivity contribution in [1.29, 1.82) is 0 Å². The van der Waals surface area contributed by atoms with E-state index in [4.69, 9.17) is 10.2 Å². The van der Waals surface area contributed by atoms with Crippen molar-refractivity contribution < 1.29 is 14.1 Å². The summed E-state index contributed by atoms with van der Waals surface area (Å²) in [4.78, 5) is 41.8. The van der Waals surface area contributed by atoms with Crippen LogP contribution >= 0.6 is 0 Å². The van der Waals surface area contributed by atoms with Crippen molar-refractivity contribution in [3.63, 3.8) is 0 Å². The van der Waals surface area contributed by atoms with E-state index in [1.807, 2.05) is 20.0 Å².